The number of hydrogen-bond donors (Lipinski definition) is 1. The lowest BCUT2D eigenvalue weighted by Crippen LogP contribution is -2.54. The Morgan fingerprint density at radius 2 is 1.72 bits per heavy atom. The van der Waals surface area contributed by atoms with Gasteiger partial charge in [0.2, 0.25) is 0 Å². The Bertz CT molecular complexity index is 438. The molecule has 3 heteroatoms. The molecule has 18 heavy (non-hydrogen) atoms. The number of carboxylic acids is 1. The Balaban J connectivity index is 2.32. The normalized spacial score (nSPS) is 20.2. The second-order valence-electron chi connectivity index (χ2n) is 5.45. The zero-order valence-corrected chi connectivity index (χ0v) is 11.6. The lowest BCUT2D eigenvalue weighted by molar-refractivity contribution is -0.155. The van der Waals surface area contributed by atoms with Gasteiger partial charge in [-0.2, -0.15) is 0 Å². The fraction of sp³-hybridized carbons (Fsp3) is 0.533. The van der Waals surface area contributed by atoms with Gasteiger partial charge in [0.05, 0.1) is 5.41 Å². The van der Waals surface area contributed by atoms with E-state index < -0.39 is 11.4 Å². The maximum absolute atomic E-state index is 11.7. The van der Waals surface area contributed by atoms with Gasteiger partial charge in [-0.05, 0) is 36.0 Å². The van der Waals surface area contributed by atoms with Crippen LogP contribution in [-0.2, 0) is 10.2 Å². The monoisotopic (exact) mass is 266 g/mol. The molecule has 0 saturated heterocycles. The molecule has 0 unspecified atom stereocenters. The van der Waals surface area contributed by atoms with Crippen molar-refractivity contribution in [3.05, 3.63) is 34.9 Å². The molecule has 0 aromatic heterocycles. The fourth-order valence-corrected chi connectivity index (χ4v) is 3.35. The van der Waals surface area contributed by atoms with Gasteiger partial charge in [-0.3, -0.25) is 4.79 Å². The van der Waals surface area contributed by atoms with E-state index in [9.17, 15) is 9.90 Å². The molecule has 2 nitrogen and oxygen atoms in total. The predicted octanol–water partition coefficient (Wildman–Crippen LogP) is 4.26. The molecule has 0 radical (unpaired) electrons. The summed E-state index contributed by atoms with van der Waals surface area (Å²) >= 11 is 5.87. The Labute approximate surface area is 113 Å². The Morgan fingerprint density at radius 3 is 2.11 bits per heavy atom. The summed E-state index contributed by atoms with van der Waals surface area (Å²) in [5, 5.41) is 10.2. The van der Waals surface area contributed by atoms with E-state index in [0.29, 0.717) is 5.02 Å². The van der Waals surface area contributed by atoms with Crippen LogP contribution in [0.4, 0.5) is 0 Å². The largest absolute Gasteiger partial charge is 0.481 e. The molecule has 1 saturated carbocycles. The van der Waals surface area contributed by atoms with Crippen LogP contribution in [0.3, 0.4) is 0 Å². The van der Waals surface area contributed by atoms with Gasteiger partial charge in [-0.1, -0.05) is 50.4 Å². The number of halogens is 1. The van der Waals surface area contributed by atoms with E-state index in [2.05, 4.69) is 13.8 Å². The van der Waals surface area contributed by atoms with Crippen LogP contribution in [0, 0.1) is 5.41 Å². The first-order valence-electron chi connectivity index (χ1n) is 6.47. The van der Waals surface area contributed by atoms with Gasteiger partial charge in [0.1, 0.15) is 0 Å². The maximum Gasteiger partial charge on any atom is 0.314 e. The lowest BCUT2D eigenvalue weighted by atomic mass is 9.48. The lowest BCUT2D eigenvalue weighted by Gasteiger charge is -2.54. The van der Waals surface area contributed by atoms with Crippen LogP contribution in [0.5, 0.6) is 0 Å². The highest BCUT2D eigenvalue weighted by molar-refractivity contribution is 6.30. The molecule has 0 amide bonds. The first kappa shape index (κ1) is 13.4. The molecular formula is C15H19ClO2. The van der Waals surface area contributed by atoms with Gasteiger partial charge in [-0.25, -0.2) is 0 Å². The molecule has 0 aliphatic heterocycles. The quantitative estimate of drug-likeness (QED) is 0.884. The molecule has 1 aromatic rings. The Morgan fingerprint density at radius 1 is 1.22 bits per heavy atom. The minimum Gasteiger partial charge on any atom is -0.481 e. The van der Waals surface area contributed by atoms with Crippen LogP contribution in [0.25, 0.3) is 0 Å². The smallest absolute Gasteiger partial charge is 0.314 e. The number of rotatable bonds is 4. The van der Waals surface area contributed by atoms with Crippen molar-refractivity contribution >= 4 is 17.6 Å². The molecular weight excluding hydrogens is 248 g/mol. The molecule has 1 aromatic carbocycles. The minimum atomic E-state index is -0.706. The van der Waals surface area contributed by atoms with Crippen molar-refractivity contribution in [1.82, 2.24) is 0 Å². The fourth-order valence-electron chi connectivity index (χ4n) is 3.23. The van der Waals surface area contributed by atoms with Crippen LogP contribution in [-0.4, -0.2) is 11.1 Å². The van der Waals surface area contributed by atoms with Gasteiger partial charge in [0.25, 0.3) is 0 Å². The van der Waals surface area contributed by atoms with E-state index in [1.54, 1.807) is 12.1 Å². The van der Waals surface area contributed by atoms with Gasteiger partial charge in [0, 0.05) is 5.02 Å². The molecule has 1 aliphatic carbocycles. The molecule has 2 rings (SSSR count). The third kappa shape index (κ3) is 1.93. The molecule has 1 fully saturated rings. The second kappa shape index (κ2) is 4.58. The van der Waals surface area contributed by atoms with Crippen LogP contribution in [0.1, 0.15) is 45.1 Å². The molecule has 0 heterocycles. The highest BCUT2D eigenvalue weighted by atomic mass is 35.5. The Hall–Kier alpha value is -1.02. The summed E-state index contributed by atoms with van der Waals surface area (Å²) in [5.41, 5.74) is 0.395. The van der Waals surface area contributed by atoms with E-state index >= 15 is 0 Å². The number of carbonyl (C=O) groups is 1. The third-order valence-electron chi connectivity index (χ3n) is 4.66. The number of carboxylic acid groups (broad SMARTS) is 1. The van der Waals surface area contributed by atoms with Gasteiger partial charge in [0.15, 0.2) is 0 Å². The van der Waals surface area contributed by atoms with Crippen molar-refractivity contribution < 1.29 is 9.90 Å². The van der Waals surface area contributed by atoms with Crippen LogP contribution < -0.4 is 0 Å². The summed E-state index contributed by atoms with van der Waals surface area (Å²) in [6.07, 6.45) is 3.58. The second-order valence-corrected chi connectivity index (χ2v) is 5.89. The first-order valence-corrected chi connectivity index (χ1v) is 6.85. The van der Waals surface area contributed by atoms with Gasteiger partial charge >= 0.3 is 5.97 Å². The highest BCUT2D eigenvalue weighted by Crippen LogP contribution is 2.59. The van der Waals surface area contributed by atoms with Gasteiger partial charge < -0.3 is 5.11 Å². The molecule has 0 atom stereocenters. The van der Waals surface area contributed by atoms with E-state index in [4.69, 9.17) is 11.6 Å². The molecule has 1 aliphatic rings. The number of aliphatic carboxylic acids is 1. The zero-order chi connectivity index (χ0) is 13.4. The van der Waals surface area contributed by atoms with Crippen molar-refractivity contribution in [3.63, 3.8) is 0 Å². The predicted molar refractivity (Wildman–Crippen MR) is 73.0 cm³/mol. The molecule has 98 valence electrons. The van der Waals surface area contributed by atoms with Crippen molar-refractivity contribution in [2.24, 2.45) is 5.41 Å². The van der Waals surface area contributed by atoms with Crippen molar-refractivity contribution in [1.29, 1.82) is 0 Å². The van der Waals surface area contributed by atoms with Crippen LogP contribution in [0.15, 0.2) is 24.3 Å². The molecule has 0 bridgehead atoms. The minimum absolute atomic E-state index is 0.206. The zero-order valence-electron chi connectivity index (χ0n) is 10.9. The summed E-state index contributed by atoms with van der Waals surface area (Å²) in [5.74, 6) is -0.706. The van der Waals surface area contributed by atoms with Crippen LogP contribution in [0.2, 0.25) is 5.02 Å². The number of benzene rings is 1. The summed E-state index contributed by atoms with van der Waals surface area (Å²) in [6.45, 7) is 4.30. The maximum atomic E-state index is 11.7. The average molecular weight is 267 g/mol. The summed E-state index contributed by atoms with van der Waals surface area (Å²) in [7, 11) is 0. The van der Waals surface area contributed by atoms with E-state index in [-0.39, 0.29) is 5.41 Å². The average Bonchev–Trinajstić information content (AvgIpc) is 2.31. The molecule has 1 N–H and O–H groups in total. The van der Waals surface area contributed by atoms with Crippen molar-refractivity contribution in [2.75, 3.05) is 0 Å². The standard InChI is InChI=1S/C15H19ClO2/c1-3-14(4-2)9-15(10-14,13(17)18)11-5-7-12(16)8-6-11/h5-8H,3-4,9-10H2,1-2H3,(H,17,18). The van der Waals surface area contributed by atoms with E-state index in [1.807, 2.05) is 12.1 Å². The first-order chi connectivity index (χ1) is 8.48. The van der Waals surface area contributed by atoms with E-state index in [1.165, 1.54) is 0 Å². The van der Waals surface area contributed by atoms with E-state index in [0.717, 1.165) is 31.2 Å². The van der Waals surface area contributed by atoms with Crippen molar-refractivity contribution in [3.8, 4) is 0 Å². The SMILES string of the molecule is CCC1(CC)CC(C(=O)O)(c2ccc(Cl)cc2)C1. The summed E-state index contributed by atoms with van der Waals surface area (Å²) in [6, 6.07) is 7.26. The number of hydrogen-bond acceptors (Lipinski definition) is 1. The van der Waals surface area contributed by atoms with Crippen molar-refractivity contribution in [2.45, 2.75) is 44.9 Å². The summed E-state index contributed by atoms with van der Waals surface area (Å²) < 4.78 is 0. The third-order valence-corrected chi connectivity index (χ3v) is 4.91. The molecule has 0 spiro atoms. The Kier molecular flexibility index (Phi) is 3.41. The highest BCUT2D eigenvalue weighted by Gasteiger charge is 2.58. The topological polar surface area (TPSA) is 37.3 Å². The summed E-state index contributed by atoms with van der Waals surface area (Å²) in [4.78, 5) is 11.7. The van der Waals surface area contributed by atoms with Gasteiger partial charge in [-0.15, -0.1) is 0 Å². The van der Waals surface area contributed by atoms with Crippen LogP contribution >= 0.6 is 11.6 Å².